The first-order valence-corrected chi connectivity index (χ1v) is 10.8. The molecule has 2 aromatic heterocycles. The van der Waals surface area contributed by atoms with Crippen LogP contribution in [0.2, 0.25) is 0 Å². The standard InChI is InChI=1S/C23H30N4O5.Mg.2H/c1-5-7-18-20-21(26(4)25-18)22(28)27(15(3)24-20)12-13-32-17-10-8-16(9-11-17)14-19(23(29)30)31-6-2;;;/h8-11,19H,5-7,12-14H2,1-4H3,(H,29,30);;;/q;+2;2*-1. The van der Waals surface area contributed by atoms with Crippen LogP contribution in [0.3, 0.4) is 0 Å². The van der Waals surface area contributed by atoms with E-state index in [1.54, 1.807) is 35.4 Å². The summed E-state index contributed by atoms with van der Waals surface area (Å²) >= 11 is 0. The van der Waals surface area contributed by atoms with Crippen molar-refractivity contribution in [1.29, 1.82) is 0 Å². The SMILES string of the molecule is CCCc1nn(C)c2c(=O)n(CCOc3ccc(CC(OCC)C(=O)O)cc3)c(C)nc12.[H-].[H-].[Mg+2]. The Balaban J connectivity index is 0.00000385. The van der Waals surface area contributed by atoms with Crippen molar-refractivity contribution in [2.24, 2.45) is 7.05 Å². The Labute approximate surface area is 211 Å². The van der Waals surface area contributed by atoms with Gasteiger partial charge in [-0.25, -0.2) is 9.78 Å². The summed E-state index contributed by atoms with van der Waals surface area (Å²) in [6, 6.07) is 7.21. The van der Waals surface area contributed by atoms with E-state index >= 15 is 0 Å². The molecule has 1 unspecified atom stereocenters. The van der Waals surface area contributed by atoms with Gasteiger partial charge >= 0.3 is 29.0 Å². The van der Waals surface area contributed by atoms with Crippen molar-refractivity contribution in [2.75, 3.05) is 13.2 Å². The van der Waals surface area contributed by atoms with Gasteiger partial charge in [-0.3, -0.25) is 14.0 Å². The predicted molar refractivity (Wildman–Crippen MR) is 128 cm³/mol. The van der Waals surface area contributed by atoms with E-state index < -0.39 is 12.1 Å². The van der Waals surface area contributed by atoms with Crippen molar-refractivity contribution in [3.8, 4) is 5.75 Å². The molecule has 176 valence electrons. The summed E-state index contributed by atoms with van der Waals surface area (Å²) in [6.45, 7) is 6.65. The van der Waals surface area contributed by atoms with Crippen molar-refractivity contribution < 1.29 is 22.2 Å². The van der Waals surface area contributed by atoms with E-state index in [1.807, 2.05) is 19.1 Å². The second-order valence-corrected chi connectivity index (χ2v) is 7.61. The smallest absolute Gasteiger partial charge is 1.00 e. The molecule has 9 nitrogen and oxygen atoms in total. The van der Waals surface area contributed by atoms with Crippen LogP contribution >= 0.6 is 0 Å². The third-order valence-corrected chi connectivity index (χ3v) is 5.26. The second-order valence-electron chi connectivity index (χ2n) is 7.61. The van der Waals surface area contributed by atoms with E-state index in [4.69, 9.17) is 9.47 Å². The topological polar surface area (TPSA) is 108 Å². The van der Waals surface area contributed by atoms with Crippen LogP contribution in [-0.4, -0.2) is 72.8 Å². The average Bonchev–Trinajstić information content (AvgIpc) is 3.06. The molecular weight excluding hydrogens is 437 g/mol. The Hall–Kier alpha value is -2.43. The van der Waals surface area contributed by atoms with Gasteiger partial charge in [0, 0.05) is 20.1 Å². The molecule has 3 rings (SSSR count). The molecule has 0 saturated carbocycles. The molecule has 0 aliphatic rings. The van der Waals surface area contributed by atoms with E-state index in [0.29, 0.717) is 42.4 Å². The molecule has 0 bridgehead atoms. The average molecular weight is 469 g/mol. The summed E-state index contributed by atoms with van der Waals surface area (Å²) in [5.41, 5.74) is 2.75. The molecule has 0 aliphatic heterocycles. The van der Waals surface area contributed by atoms with Gasteiger partial charge in [0.05, 0.1) is 12.2 Å². The molecule has 2 heterocycles. The summed E-state index contributed by atoms with van der Waals surface area (Å²) in [4.78, 5) is 28.9. The van der Waals surface area contributed by atoms with E-state index in [9.17, 15) is 14.7 Å². The van der Waals surface area contributed by atoms with Gasteiger partial charge in [-0.1, -0.05) is 25.5 Å². The molecule has 0 fully saturated rings. The first kappa shape index (κ1) is 26.8. The number of fused-ring (bicyclic) bond motifs is 1. The summed E-state index contributed by atoms with van der Waals surface area (Å²) in [6.07, 6.45) is 1.14. The minimum Gasteiger partial charge on any atom is -1.00 e. The van der Waals surface area contributed by atoms with Gasteiger partial charge in [0.2, 0.25) is 0 Å². The van der Waals surface area contributed by atoms with Crippen LogP contribution in [0.1, 0.15) is 40.2 Å². The third-order valence-electron chi connectivity index (χ3n) is 5.26. The number of aromatic nitrogens is 4. The number of benzene rings is 1. The van der Waals surface area contributed by atoms with Gasteiger partial charge in [0.1, 0.15) is 23.7 Å². The minimum atomic E-state index is -0.978. The van der Waals surface area contributed by atoms with Crippen LogP contribution in [0.25, 0.3) is 11.0 Å². The van der Waals surface area contributed by atoms with Crippen molar-refractivity contribution in [3.05, 3.63) is 51.7 Å². The Bertz CT molecular complexity index is 1150. The number of aliphatic carboxylic acids is 1. The van der Waals surface area contributed by atoms with Gasteiger partial charge in [-0.15, -0.1) is 0 Å². The quantitative estimate of drug-likeness (QED) is 0.430. The van der Waals surface area contributed by atoms with Crippen molar-refractivity contribution in [2.45, 2.75) is 52.7 Å². The fraction of sp³-hybridized carbons (Fsp3) is 0.478. The van der Waals surface area contributed by atoms with Gasteiger partial charge in [0.15, 0.2) is 11.6 Å². The maximum Gasteiger partial charge on any atom is 2.00 e. The zero-order valence-electron chi connectivity index (χ0n) is 21.7. The van der Waals surface area contributed by atoms with E-state index in [-0.39, 0.29) is 37.9 Å². The van der Waals surface area contributed by atoms with E-state index in [1.165, 1.54) is 0 Å². The predicted octanol–water partition coefficient (Wildman–Crippen LogP) is 2.35. The molecule has 0 radical (unpaired) electrons. The largest absolute Gasteiger partial charge is 2.00 e. The molecule has 1 atom stereocenters. The Morgan fingerprint density at radius 1 is 1.24 bits per heavy atom. The molecule has 33 heavy (non-hydrogen) atoms. The van der Waals surface area contributed by atoms with Gasteiger partial charge < -0.3 is 17.4 Å². The molecule has 0 spiro atoms. The Kier molecular flexibility index (Phi) is 9.87. The summed E-state index contributed by atoms with van der Waals surface area (Å²) < 4.78 is 14.3. The van der Waals surface area contributed by atoms with Crippen LogP contribution < -0.4 is 10.3 Å². The Morgan fingerprint density at radius 2 is 1.94 bits per heavy atom. The van der Waals surface area contributed by atoms with Crippen molar-refractivity contribution in [3.63, 3.8) is 0 Å². The van der Waals surface area contributed by atoms with Crippen LogP contribution in [0.5, 0.6) is 5.75 Å². The monoisotopic (exact) mass is 468 g/mol. The molecule has 0 saturated heterocycles. The number of rotatable bonds is 11. The fourth-order valence-corrected chi connectivity index (χ4v) is 3.70. The number of carboxylic acid groups (broad SMARTS) is 1. The van der Waals surface area contributed by atoms with Crippen LogP contribution in [0.15, 0.2) is 29.1 Å². The third kappa shape index (κ3) is 6.33. The van der Waals surface area contributed by atoms with Gasteiger partial charge in [-0.2, -0.15) is 5.10 Å². The molecule has 1 aromatic carbocycles. The number of nitrogens with zero attached hydrogens (tertiary/aromatic N) is 4. The van der Waals surface area contributed by atoms with E-state index in [0.717, 1.165) is 24.1 Å². The first-order valence-electron chi connectivity index (χ1n) is 10.8. The first-order chi connectivity index (χ1) is 15.3. The van der Waals surface area contributed by atoms with Crippen LogP contribution in [0, 0.1) is 6.92 Å². The number of hydrogen-bond donors (Lipinski definition) is 1. The van der Waals surface area contributed by atoms with Gasteiger partial charge in [0.25, 0.3) is 5.56 Å². The van der Waals surface area contributed by atoms with E-state index in [2.05, 4.69) is 17.0 Å². The number of aryl methyl sites for hydroxylation is 3. The van der Waals surface area contributed by atoms with Crippen molar-refractivity contribution >= 4 is 40.1 Å². The molecule has 0 amide bonds. The zero-order valence-corrected chi connectivity index (χ0v) is 21.1. The second kappa shape index (κ2) is 12.1. The Morgan fingerprint density at radius 3 is 2.55 bits per heavy atom. The number of carboxylic acids is 1. The number of ether oxygens (including phenoxy) is 2. The maximum atomic E-state index is 13.0. The van der Waals surface area contributed by atoms with Gasteiger partial charge in [-0.05, 0) is 38.0 Å². The molecule has 3 aromatic rings. The minimum absolute atomic E-state index is 0. The number of hydrogen-bond acceptors (Lipinski definition) is 6. The zero-order chi connectivity index (χ0) is 23.3. The van der Waals surface area contributed by atoms with Crippen LogP contribution in [0.4, 0.5) is 0 Å². The van der Waals surface area contributed by atoms with Crippen LogP contribution in [-0.2, 0) is 36.0 Å². The molecule has 10 heteroatoms. The summed E-state index contributed by atoms with van der Waals surface area (Å²) in [5, 5.41) is 13.7. The fourth-order valence-electron chi connectivity index (χ4n) is 3.70. The summed E-state index contributed by atoms with van der Waals surface area (Å²) in [7, 11) is 1.77. The molecular formula is C23H32MgN4O5. The molecule has 0 aliphatic carbocycles. The molecule has 1 N–H and O–H groups in total. The number of carbonyl (C=O) groups is 1. The van der Waals surface area contributed by atoms with Crippen molar-refractivity contribution in [1.82, 2.24) is 19.3 Å². The normalized spacial score (nSPS) is 11.9. The maximum absolute atomic E-state index is 13.0. The summed E-state index contributed by atoms with van der Waals surface area (Å²) in [5.74, 6) is 0.291.